The molecule has 0 aromatic carbocycles. The van der Waals surface area contributed by atoms with Crippen molar-refractivity contribution < 1.29 is 142 Å². The quantitative estimate of drug-likeness (QED) is 0.383. The summed E-state index contributed by atoms with van der Waals surface area (Å²) in [6, 6.07) is 0. The molecular weight excluding hydrogens is 302 g/mol. The van der Waals surface area contributed by atoms with E-state index in [1.165, 1.54) is 0 Å². The number of carbonyl (C=O) groups excluding carboxylic acids is 2. The predicted molar refractivity (Wildman–Crippen MR) is 43.6 cm³/mol. The topological polar surface area (TPSA) is 155 Å². The Hall–Kier alpha value is 0.633. The van der Waals surface area contributed by atoms with Gasteiger partial charge in [-0.1, -0.05) is 0 Å². The number of aliphatic carboxylic acids is 4. The van der Waals surface area contributed by atoms with Gasteiger partial charge in [-0.15, -0.1) is 0 Å². The maximum atomic E-state index is 9.55. The van der Waals surface area contributed by atoms with Crippen molar-refractivity contribution in [3.63, 3.8) is 0 Å². The molecule has 0 aliphatic heterocycles. The van der Waals surface area contributed by atoms with Crippen LogP contribution in [0.3, 0.4) is 0 Å². The van der Waals surface area contributed by atoms with Gasteiger partial charge in [0.15, 0.2) is 0 Å². The van der Waals surface area contributed by atoms with Crippen LogP contribution in [0.5, 0.6) is 0 Å². The smallest absolute Gasteiger partial charge is 0.545 e. The normalized spacial score (nSPS) is 8.44. The van der Waals surface area contributed by atoms with E-state index in [0.29, 0.717) is 24.3 Å². The Morgan fingerprint density at radius 1 is 0.667 bits per heavy atom. The zero-order valence-electron chi connectivity index (χ0n) is 9.65. The number of carbonyl (C=O) groups is 4. The maximum absolute atomic E-state index is 9.55. The molecule has 8 nitrogen and oxygen atoms in total. The van der Waals surface area contributed by atoms with Gasteiger partial charge in [-0.05, 0) is 12.2 Å². The molecular formula is C8H6K2O8. The van der Waals surface area contributed by atoms with Crippen molar-refractivity contribution in [1.29, 1.82) is 0 Å². The third kappa shape index (κ3) is 36.0. The van der Waals surface area contributed by atoms with E-state index in [1.54, 1.807) is 0 Å². The molecule has 10 heteroatoms. The number of hydrogen-bond acceptors (Lipinski definition) is 6. The molecule has 0 spiro atoms. The second-order valence-electron chi connectivity index (χ2n) is 1.98. The van der Waals surface area contributed by atoms with Crippen LogP contribution in [0.4, 0.5) is 0 Å². The Morgan fingerprint density at radius 2 is 0.889 bits per heavy atom. The Balaban J connectivity index is -0.0000000980. The van der Waals surface area contributed by atoms with Gasteiger partial charge in [0.2, 0.25) is 0 Å². The summed E-state index contributed by atoms with van der Waals surface area (Å²) in [6.45, 7) is 0. The second-order valence-corrected chi connectivity index (χ2v) is 1.98. The fourth-order valence-corrected chi connectivity index (χ4v) is 0.279. The monoisotopic (exact) mass is 308 g/mol. The van der Waals surface area contributed by atoms with Gasteiger partial charge in [0.25, 0.3) is 0 Å². The first-order chi connectivity index (χ1) is 7.25. The molecule has 0 unspecified atom stereocenters. The van der Waals surface area contributed by atoms with E-state index in [0.717, 1.165) is 0 Å². The summed E-state index contributed by atoms with van der Waals surface area (Å²) in [6.07, 6.45) is 1.88. The molecule has 2 N–H and O–H groups in total. The van der Waals surface area contributed by atoms with E-state index in [-0.39, 0.29) is 103 Å². The van der Waals surface area contributed by atoms with Crippen LogP contribution in [0, 0.1) is 0 Å². The Labute approximate surface area is 187 Å². The average molecular weight is 308 g/mol. The van der Waals surface area contributed by atoms with Gasteiger partial charge >= 0.3 is 115 Å². The molecule has 0 aliphatic rings. The van der Waals surface area contributed by atoms with Crippen LogP contribution in [0.1, 0.15) is 0 Å². The van der Waals surface area contributed by atoms with Gasteiger partial charge in [0.1, 0.15) is 0 Å². The number of rotatable bonds is 4. The van der Waals surface area contributed by atoms with Crippen molar-refractivity contribution in [3.05, 3.63) is 24.3 Å². The van der Waals surface area contributed by atoms with E-state index in [1.807, 2.05) is 0 Å². The van der Waals surface area contributed by atoms with E-state index in [2.05, 4.69) is 0 Å². The predicted octanol–water partition coefficient (Wildman–Crippen LogP) is -9.24. The summed E-state index contributed by atoms with van der Waals surface area (Å²) < 4.78 is 0. The first kappa shape index (κ1) is 27.1. The summed E-state index contributed by atoms with van der Waals surface area (Å²) in [5.74, 6) is -5.61. The minimum Gasteiger partial charge on any atom is -0.545 e. The van der Waals surface area contributed by atoms with Crippen molar-refractivity contribution in [2.24, 2.45) is 0 Å². The van der Waals surface area contributed by atoms with Gasteiger partial charge < -0.3 is 30.0 Å². The molecule has 0 aromatic rings. The largest absolute Gasteiger partial charge is 1.00 e. The van der Waals surface area contributed by atoms with Crippen molar-refractivity contribution >= 4 is 23.9 Å². The van der Waals surface area contributed by atoms with Crippen LogP contribution >= 0.6 is 0 Å². The minimum absolute atomic E-state index is 0. The van der Waals surface area contributed by atoms with E-state index in [9.17, 15) is 29.4 Å². The van der Waals surface area contributed by atoms with E-state index >= 15 is 0 Å². The molecule has 18 heavy (non-hydrogen) atoms. The molecule has 0 aliphatic carbocycles. The molecule has 0 atom stereocenters. The number of carboxylic acid groups (broad SMARTS) is 4. The van der Waals surface area contributed by atoms with Gasteiger partial charge in [-0.3, -0.25) is 0 Å². The standard InChI is InChI=1S/2C4H4O4.2K/c2*5-3(6)1-2-4(7)8;;/h2*1-2H,(H,5,6)(H,7,8);;/q;;2*+1/p-2/b2*2-1-;;. The molecule has 0 fully saturated rings. The summed E-state index contributed by atoms with van der Waals surface area (Å²) >= 11 is 0. The molecule has 0 saturated carbocycles. The molecule has 0 bridgehead atoms. The second kappa shape index (κ2) is 17.6. The third-order valence-corrected chi connectivity index (χ3v) is 0.724. The van der Waals surface area contributed by atoms with Crippen molar-refractivity contribution in [2.75, 3.05) is 0 Å². The van der Waals surface area contributed by atoms with Gasteiger partial charge in [0.05, 0.1) is 11.9 Å². The Morgan fingerprint density at radius 3 is 1.00 bits per heavy atom. The molecule has 0 amide bonds. The van der Waals surface area contributed by atoms with Gasteiger partial charge in [-0.25, -0.2) is 9.59 Å². The van der Waals surface area contributed by atoms with Gasteiger partial charge in [-0.2, -0.15) is 0 Å². The Bertz CT molecular complexity index is 281. The van der Waals surface area contributed by atoms with E-state index < -0.39 is 23.9 Å². The number of hydrogen-bond donors (Lipinski definition) is 2. The molecule has 0 heterocycles. The van der Waals surface area contributed by atoms with Crippen LogP contribution in [0.25, 0.3) is 0 Å². The van der Waals surface area contributed by atoms with Gasteiger partial charge in [0, 0.05) is 12.2 Å². The SMILES string of the molecule is O=C(O)/C=C\C(=O)O.O=C([O-])/C=C\C(=O)[O-].[K+].[K+]. The number of carboxylic acids is 4. The first-order valence-corrected chi connectivity index (χ1v) is 3.49. The molecule has 0 aromatic heterocycles. The minimum atomic E-state index is -1.55. The molecule has 88 valence electrons. The van der Waals surface area contributed by atoms with Crippen LogP contribution in [0.2, 0.25) is 0 Å². The summed E-state index contributed by atoms with van der Waals surface area (Å²) in [4.78, 5) is 37.9. The van der Waals surface area contributed by atoms with Crippen LogP contribution in [-0.2, 0) is 19.2 Å². The van der Waals surface area contributed by atoms with Crippen molar-refractivity contribution in [2.45, 2.75) is 0 Å². The zero-order valence-corrected chi connectivity index (χ0v) is 15.9. The molecule has 0 radical (unpaired) electrons. The van der Waals surface area contributed by atoms with Crippen LogP contribution < -0.4 is 113 Å². The van der Waals surface area contributed by atoms with Crippen LogP contribution in [-0.4, -0.2) is 34.1 Å². The first-order valence-electron chi connectivity index (χ1n) is 3.49. The summed E-state index contributed by atoms with van der Waals surface area (Å²) in [5, 5.41) is 34.5. The van der Waals surface area contributed by atoms with E-state index in [4.69, 9.17) is 10.2 Å². The summed E-state index contributed by atoms with van der Waals surface area (Å²) in [7, 11) is 0. The van der Waals surface area contributed by atoms with Crippen molar-refractivity contribution in [3.8, 4) is 0 Å². The third-order valence-electron chi connectivity index (χ3n) is 0.724. The molecule has 0 rings (SSSR count). The fourth-order valence-electron chi connectivity index (χ4n) is 0.279. The van der Waals surface area contributed by atoms with Crippen molar-refractivity contribution in [1.82, 2.24) is 0 Å². The summed E-state index contributed by atoms with van der Waals surface area (Å²) in [5.41, 5.74) is 0. The van der Waals surface area contributed by atoms with Crippen LogP contribution in [0.15, 0.2) is 24.3 Å². The Kier molecular flexibility index (Phi) is 26.5. The fraction of sp³-hybridized carbons (Fsp3) is 0. The maximum Gasteiger partial charge on any atom is 1.00 e. The zero-order chi connectivity index (χ0) is 13.1. The molecule has 0 saturated heterocycles. The average Bonchev–Trinajstić information content (AvgIpc) is 2.12.